The van der Waals surface area contributed by atoms with Gasteiger partial charge in [0.1, 0.15) is 12.4 Å². The molecule has 0 spiro atoms. The highest BCUT2D eigenvalue weighted by molar-refractivity contribution is 14.0. The molecule has 0 atom stereocenters. The standard InChI is InChI=1S/C17H34N6.HI/c1-5-7-8-9-10-11-12-13-19-17(18-6-2)20-14-16-22-21-15(3)23(16)4;/h5-14H2,1-4H3,(H2,18,19,20);1H. The maximum atomic E-state index is 4.59. The third-order valence-electron chi connectivity index (χ3n) is 3.98. The number of nitrogens with zero attached hydrogens (tertiary/aromatic N) is 4. The molecule has 1 aromatic heterocycles. The molecule has 0 aliphatic heterocycles. The first kappa shape index (κ1) is 23.1. The van der Waals surface area contributed by atoms with Gasteiger partial charge in [0.15, 0.2) is 11.8 Å². The van der Waals surface area contributed by atoms with E-state index in [0.29, 0.717) is 6.54 Å². The summed E-state index contributed by atoms with van der Waals surface area (Å²) in [7, 11) is 1.97. The van der Waals surface area contributed by atoms with E-state index in [9.17, 15) is 0 Å². The van der Waals surface area contributed by atoms with Crippen LogP contribution in [0.4, 0.5) is 0 Å². The van der Waals surface area contributed by atoms with Crippen molar-refractivity contribution < 1.29 is 0 Å². The summed E-state index contributed by atoms with van der Waals surface area (Å²) in [6.07, 6.45) is 9.26. The SMILES string of the molecule is CCCCCCCCCNC(=NCc1nnc(C)n1C)NCC.I. The summed E-state index contributed by atoms with van der Waals surface area (Å²) < 4.78 is 1.98. The number of aromatic nitrogens is 3. The molecule has 2 N–H and O–H groups in total. The van der Waals surface area contributed by atoms with Crippen LogP contribution in [0.5, 0.6) is 0 Å². The van der Waals surface area contributed by atoms with E-state index in [0.717, 1.165) is 30.7 Å². The van der Waals surface area contributed by atoms with Crippen LogP contribution in [0, 0.1) is 6.92 Å². The van der Waals surface area contributed by atoms with Crippen molar-refractivity contribution in [3.8, 4) is 0 Å². The lowest BCUT2D eigenvalue weighted by Crippen LogP contribution is -2.37. The summed E-state index contributed by atoms with van der Waals surface area (Å²) in [5.41, 5.74) is 0. The topological polar surface area (TPSA) is 67.1 Å². The predicted octanol–water partition coefficient (Wildman–Crippen LogP) is 3.55. The van der Waals surface area contributed by atoms with Crippen molar-refractivity contribution in [2.75, 3.05) is 13.1 Å². The Balaban J connectivity index is 0.00000529. The highest BCUT2D eigenvalue weighted by Gasteiger charge is 2.04. The van der Waals surface area contributed by atoms with Gasteiger partial charge in [-0.1, -0.05) is 45.4 Å². The zero-order valence-electron chi connectivity index (χ0n) is 15.8. The molecule has 0 fully saturated rings. The zero-order valence-corrected chi connectivity index (χ0v) is 18.1. The molecule has 0 saturated carbocycles. The number of guanidine groups is 1. The van der Waals surface area contributed by atoms with Crippen LogP contribution in [-0.2, 0) is 13.6 Å². The molecule has 140 valence electrons. The minimum Gasteiger partial charge on any atom is -0.357 e. The Morgan fingerprint density at radius 3 is 2.25 bits per heavy atom. The lowest BCUT2D eigenvalue weighted by molar-refractivity contribution is 0.583. The van der Waals surface area contributed by atoms with Gasteiger partial charge in [0.05, 0.1) is 0 Å². The van der Waals surface area contributed by atoms with Crippen LogP contribution >= 0.6 is 24.0 Å². The first-order valence-electron chi connectivity index (χ1n) is 9.06. The molecule has 0 radical (unpaired) electrons. The molecule has 6 nitrogen and oxygen atoms in total. The van der Waals surface area contributed by atoms with E-state index >= 15 is 0 Å². The fourth-order valence-electron chi connectivity index (χ4n) is 2.37. The molecular weight excluding hydrogens is 415 g/mol. The number of rotatable bonds is 11. The lowest BCUT2D eigenvalue weighted by Gasteiger charge is -2.11. The Morgan fingerprint density at radius 1 is 1.00 bits per heavy atom. The fraction of sp³-hybridized carbons (Fsp3) is 0.824. The van der Waals surface area contributed by atoms with Gasteiger partial charge in [-0.3, -0.25) is 0 Å². The van der Waals surface area contributed by atoms with Crippen LogP contribution in [0.25, 0.3) is 0 Å². The first-order valence-corrected chi connectivity index (χ1v) is 9.06. The van der Waals surface area contributed by atoms with Gasteiger partial charge in [0, 0.05) is 20.1 Å². The average molecular weight is 450 g/mol. The van der Waals surface area contributed by atoms with E-state index in [1.807, 2.05) is 18.5 Å². The monoisotopic (exact) mass is 450 g/mol. The van der Waals surface area contributed by atoms with Gasteiger partial charge in [-0.25, -0.2) is 4.99 Å². The number of hydrogen-bond acceptors (Lipinski definition) is 3. The van der Waals surface area contributed by atoms with Crippen molar-refractivity contribution in [1.82, 2.24) is 25.4 Å². The Labute approximate surface area is 164 Å². The van der Waals surface area contributed by atoms with Gasteiger partial charge in [-0.15, -0.1) is 34.2 Å². The van der Waals surface area contributed by atoms with Gasteiger partial charge in [-0.05, 0) is 20.3 Å². The minimum atomic E-state index is 0. The van der Waals surface area contributed by atoms with Crippen molar-refractivity contribution in [3.63, 3.8) is 0 Å². The number of halogens is 1. The van der Waals surface area contributed by atoms with E-state index in [-0.39, 0.29) is 24.0 Å². The van der Waals surface area contributed by atoms with Gasteiger partial charge in [0.25, 0.3) is 0 Å². The van der Waals surface area contributed by atoms with E-state index in [1.54, 1.807) is 0 Å². The first-order chi connectivity index (χ1) is 11.2. The van der Waals surface area contributed by atoms with Gasteiger partial charge < -0.3 is 15.2 Å². The molecule has 0 aliphatic carbocycles. The number of unbranched alkanes of at least 4 members (excludes halogenated alkanes) is 6. The molecule has 24 heavy (non-hydrogen) atoms. The van der Waals surface area contributed by atoms with E-state index in [4.69, 9.17) is 0 Å². The summed E-state index contributed by atoms with van der Waals surface area (Å²) >= 11 is 0. The normalized spacial score (nSPS) is 11.2. The van der Waals surface area contributed by atoms with Gasteiger partial charge >= 0.3 is 0 Å². The van der Waals surface area contributed by atoms with Gasteiger partial charge in [0.2, 0.25) is 0 Å². The second-order valence-corrected chi connectivity index (χ2v) is 5.97. The number of aliphatic imine (C=N–C) groups is 1. The van der Waals surface area contributed by atoms with Gasteiger partial charge in [-0.2, -0.15) is 0 Å². The summed E-state index contributed by atoms with van der Waals surface area (Å²) in [5.74, 6) is 2.66. The molecule has 0 saturated heterocycles. The molecule has 0 aliphatic rings. The Bertz CT molecular complexity index is 458. The molecule has 0 unspecified atom stereocenters. The predicted molar refractivity (Wildman–Crippen MR) is 112 cm³/mol. The van der Waals surface area contributed by atoms with Crippen molar-refractivity contribution in [2.24, 2.45) is 12.0 Å². The molecule has 0 aromatic carbocycles. The maximum Gasteiger partial charge on any atom is 0.191 e. The number of aryl methyl sites for hydroxylation is 1. The summed E-state index contributed by atoms with van der Waals surface area (Å²) in [6, 6.07) is 0. The molecular formula is C17H35IN6. The van der Waals surface area contributed by atoms with Crippen molar-refractivity contribution >= 4 is 29.9 Å². The summed E-state index contributed by atoms with van der Waals surface area (Å²) in [6.45, 7) is 8.66. The van der Waals surface area contributed by atoms with Crippen molar-refractivity contribution in [2.45, 2.75) is 72.3 Å². The van der Waals surface area contributed by atoms with E-state index < -0.39 is 0 Å². The minimum absolute atomic E-state index is 0. The van der Waals surface area contributed by atoms with Crippen LogP contribution in [0.1, 0.15) is 70.4 Å². The van der Waals surface area contributed by atoms with Crippen LogP contribution < -0.4 is 10.6 Å². The third-order valence-corrected chi connectivity index (χ3v) is 3.98. The number of nitrogens with one attached hydrogen (secondary N) is 2. The Kier molecular flexibility index (Phi) is 14.0. The molecule has 0 amide bonds. The zero-order chi connectivity index (χ0) is 16.9. The largest absolute Gasteiger partial charge is 0.357 e. The Morgan fingerprint density at radius 2 is 1.67 bits per heavy atom. The summed E-state index contributed by atoms with van der Waals surface area (Å²) in [5, 5.41) is 14.9. The fourth-order valence-corrected chi connectivity index (χ4v) is 2.37. The molecule has 1 heterocycles. The van der Waals surface area contributed by atoms with Crippen LogP contribution in [0.3, 0.4) is 0 Å². The van der Waals surface area contributed by atoms with Crippen LogP contribution in [0.2, 0.25) is 0 Å². The molecule has 7 heteroatoms. The second-order valence-electron chi connectivity index (χ2n) is 5.97. The quantitative estimate of drug-likeness (QED) is 0.234. The van der Waals surface area contributed by atoms with E-state index in [1.165, 1.54) is 44.9 Å². The van der Waals surface area contributed by atoms with Crippen molar-refractivity contribution in [1.29, 1.82) is 0 Å². The third kappa shape index (κ3) is 9.44. The average Bonchev–Trinajstić information content (AvgIpc) is 2.86. The maximum absolute atomic E-state index is 4.59. The van der Waals surface area contributed by atoms with Crippen LogP contribution in [-0.4, -0.2) is 33.8 Å². The lowest BCUT2D eigenvalue weighted by atomic mass is 10.1. The smallest absolute Gasteiger partial charge is 0.191 e. The second kappa shape index (κ2) is 14.5. The molecule has 0 bridgehead atoms. The van der Waals surface area contributed by atoms with E-state index in [2.05, 4.69) is 39.7 Å². The van der Waals surface area contributed by atoms with Crippen molar-refractivity contribution in [3.05, 3.63) is 11.6 Å². The Hall–Kier alpha value is -0.860. The molecule has 1 rings (SSSR count). The van der Waals surface area contributed by atoms with Crippen LogP contribution in [0.15, 0.2) is 4.99 Å². The highest BCUT2D eigenvalue weighted by atomic mass is 127. The molecule has 1 aromatic rings. The summed E-state index contributed by atoms with van der Waals surface area (Å²) in [4.78, 5) is 4.59. The highest BCUT2D eigenvalue weighted by Crippen LogP contribution is 2.06. The number of hydrogen-bond donors (Lipinski definition) is 2.